The smallest absolute Gasteiger partial charge is 0.273 e. The van der Waals surface area contributed by atoms with Crippen LogP contribution in [0.15, 0.2) is 24.3 Å². The Morgan fingerprint density at radius 1 is 1.42 bits per heavy atom. The summed E-state index contributed by atoms with van der Waals surface area (Å²) in [5.41, 5.74) is 1.24. The van der Waals surface area contributed by atoms with Gasteiger partial charge >= 0.3 is 0 Å². The Labute approximate surface area is 138 Å². The van der Waals surface area contributed by atoms with Crippen molar-refractivity contribution in [3.05, 3.63) is 45.8 Å². The monoisotopic (exact) mass is 330 g/mol. The van der Waals surface area contributed by atoms with E-state index in [2.05, 4.69) is 20.9 Å². The molecule has 1 aliphatic rings. The molecule has 2 aromatic rings. The molecule has 0 atom stereocenters. The fourth-order valence-corrected chi connectivity index (χ4v) is 2.74. The van der Waals surface area contributed by atoms with Crippen molar-refractivity contribution in [3.8, 4) is 5.69 Å². The Hall–Kier alpha value is -2.81. The molecule has 2 N–H and O–H groups in total. The molecule has 0 spiro atoms. The number of nitrogens with one attached hydrogen (secondary N) is 2. The number of hydrogen-bond donors (Lipinski definition) is 2. The van der Waals surface area contributed by atoms with Crippen molar-refractivity contribution >= 4 is 11.6 Å². The summed E-state index contributed by atoms with van der Waals surface area (Å²) < 4.78 is 1.43. The van der Waals surface area contributed by atoms with E-state index in [1.807, 2.05) is 0 Å². The number of nitrogens with zero attached hydrogens (tertiary/aromatic N) is 4. The van der Waals surface area contributed by atoms with Crippen LogP contribution in [0, 0.1) is 17.0 Å². The van der Waals surface area contributed by atoms with E-state index in [4.69, 9.17) is 0 Å². The van der Waals surface area contributed by atoms with Gasteiger partial charge in [-0.3, -0.25) is 14.9 Å². The second-order valence-corrected chi connectivity index (χ2v) is 5.71. The highest BCUT2D eigenvalue weighted by molar-refractivity contribution is 5.93. The second-order valence-electron chi connectivity index (χ2n) is 5.71. The van der Waals surface area contributed by atoms with Crippen molar-refractivity contribution in [1.29, 1.82) is 0 Å². The molecule has 1 aromatic heterocycles. The van der Waals surface area contributed by atoms with Crippen LogP contribution in [0.5, 0.6) is 0 Å². The second kappa shape index (κ2) is 6.75. The first-order valence-corrected chi connectivity index (χ1v) is 7.75. The average molecular weight is 330 g/mol. The van der Waals surface area contributed by atoms with E-state index in [9.17, 15) is 14.9 Å². The molecule has 0 bridgehead atoms. The van der Waals surface area contributed by atoms with Gasteiger partial charge in [0.1, 0.15) is 0 Å². The highest BCUT2D eigenvalue weighted by Crippen LogP contribution is 2.18. The number of carbonyl (C=O) groups excluding carboxylic acids is 1. The lowest BCUT2D eigenvalue weighted by Crippen LogP contribution is -2.43. The van der Waals surface area contributed by atoms with E-state index < -0.39 is 4.92 Å². The maximum absolute atomic E-state index is 12.4. The van der Waals surface area contributed by atoms with Crippen LogP contribution in [0.1, 0.15) is 29.0 Å². The predicted molar refractivity (Wildman–Crippen MR) is 86.1 cm³/mol. The molecule has 2 heterocycles. The first-order valence-electron chi connectivity index (χ1n) is 7.75. The Balaban J connectivity index is 1.81. The number of rotatable bonds is 4. The van der Waals surface area contributed by atoms with Gasteiger partial charge in [-0.15, -0.1) is 5.10 Å². The molecule has 24 heavy (non-hydrogen) atoms. The molecule has 3 rings (SSSR count). The summed E-state index contributed by atoms with van der Waals surface area (Å²) in [6, 6.07) is 6.18. The number of nitro benzene ring substituents is 1. The lowest BCUT2D eigenvalue weighted by atomic mass is 10.1. The molecular formula is C15H18N6O3. The third kappa shape index (κ3) is 3.25. The number of amides is 1. The lowest BCUT2D eigenvalue weighted by molar-refractivity contribution is -0.384. The summed E-state index contributed by atoms with van der Waals surface area (Å²) in [4.78, 5) is 22.8. The normalized spacial score (nSPS) is 15.2. The van der Waals surface area contributed by atoms with E-state index in [0.717, 1.165) is 25.9 Å². The number of non-ortho nitro benzene ring substituents is 1. The summed E-state index contributed by atoms with van der Waals surface area (Å²) in [6.07, 6.45) is 1.76. The number of benzene rings is 1. The number of aromatic nitrogens is 3. The summed E-state index contributed by atoms with van der Waals surface area (Å²) in [6.45, 7) is 3.48. The molecule has 0 radical (unpaired) electrons. The molecule has 1 saturated heterocycles. The van der Waals surface area contributed by atoms with Crippen LogP contribution in [0.3, 0.4) is 0 Å². The van der Waals surface area contributed by atoms with Gasteiger partial charge in [0, 0.05) is 18.2 Å². The zero-order chi connectivity index (χ0) is 17.1. The Morgan fingerprint density at radius 2 is 2.17 bits per heavy atom. The molecule has 1 aliphatic heterocycles. The molecule has 1 amide bonds. The molecular weight excluding hydrogens is 312 g/mol. The molecule has 9 heteroatoms. The summed E-state index contributed by atoms with van der Waals surface area (Å²) >= 11 is 0. The van der Waals surface area contributed by atoms with Crippen LogP contribution < -0.4 is 10.6 Å². The highest BCUT2D eigenvalue weighted by Gasteiger charge is 2.22. The quantitative estimate of drug-likeness (QED) is 0.637. The van der Waals surface area contributed by atoms with Gasteiger partial charge < -0.3 is 10.6 Å². The maximum atomic E-state index is 12.4. The Morgan fingerprint density at radius 3 is 2.88 bits per heavy atom. The average Bonchev–Trinajstić information content (AvgIpc) is 2.97. The van der Waals surface area contributed by atoms with E-state index in [1.165, 1.54) is 16.8 Å². The molecule has 126 valence electrons. The Bertz CT molecular complexity index is 766. The van der Waals surface area contributed by atoms with E-state index in [-0.39, 0.29) is 23.3 Å². The van der Waals surface area contributed by atoms with Crippen molar-refractivity contribution in [1.82, 2.24) is 25.6 Å². The van der Waals surface area contributed by atoms with Crippen molar-refractivity contribution < 1.29 is 9.72 Å². The zero-order valence-corrected chi connectivity index (χ0v) is 13.2. The van der Waals surface area contributed by atoms with Crippen molar-refractivity contribution in [3.63, 3.8) is 0 Å². The summed E-state index contributed by atoms with van der Waals surface area (Å²) in [5.74, 6) is -0.268. The largest absolute Gasteiger partial charge is 0.348 e. The molecule has 0 unspecified atom stereocenters. The zero-order valence-electron chi connectivity index (χ0n) is 13.2. The fourth-order valence-electron chi connectivity index (χ4n) is 2.74. The number of carbonyl (C=O) groups is 1. The standard InChI is InChI=1S/C15H18N6O3/c1-10-14(15(22)17-11-5-7-16-8-6-11)18-19-20(10)12-3-2-4-13(9-12)21(23)24/h2-4,9,11,16H,5-8H2,1H3,(H,17,22). The van der Waals surface area contributed by atoms with Gasteiger partial charge in [0.2, 0.25) is 0 Å². The summed E-state index contributed by atoms with van der Waals surface area (Å²) in [7, 11) is 0. The van der Waals surface area contributed by atoms with Crippen molar-refractivity contribution in [2.75, 3.05) is 13.1 Å². The van der Waals surface area contributed by atoms with E-state index >= 15 is 0 Å². The van der Waals surface area contributed by atoms with Gasteiger partial charge in [0.05, 0.1) is 16.3 Å². The maximum Gasteiger partial charge on any atom is 0.273 e. The third-order valence-corrected chi connectivity index (χ3v) is 4.07. The van der Waals surface area contributed by atoms with Gasteiger partial charge in [0.25, 0.3) is 11.6 Å². The topological polar surface area (TPSA) is 115 Å². The van der Waals surface area contributed by atoms with E-state index in [1.54, 1.807) is 19.1 Å². The third-order valence-electron chi connectivity index (χ3n) is 4.07. The Kier molecular flexibility index (Phi) is 4.52. The van der Waals surface area contributed by atoms with Crippen LogP contribution in [0.25, 0.3) is 5.69 Å². The van der Waals surface area contributed by atoms with Gasteiger partial charge in [-0.25, -0.2) is 4.68 Å². The van der Waals surface area contributed by atoms with Crippen molar-refractivity contribution in [2.24, 2.45) is 0 Å². The van der Waals surface area contributed by atoms with E-state index in [0.29, 0.717) is 11.4 Å². The van der Waals surface area contributed by atoms with Gasteiger partial charge in [0.15, 0.2) is 5.69 Å². The van der Waals surface area contributed by atoms with Crippen LogP contribution in [0.2, 0.25) is 0 Å². The highest BCUT2D eigenvalue weighted by atomic mass is 16.6. The fraction of sp³-hybridized carbons (Fsp3) is 0.400. The first kappa shape index (κ1) is 16.1. The molecule has 0 saturated carbocycles. The van der Waals surface area contributed by atoms with Gasteiger partial charge in [-0.1, -0.05) is 11.3 Å². The molecule has 0 aliphatic carbocycles. The van der Waals surface area contributed by atoms with Crippen LogP contribution in [-0.4, -0.2) is 45.0 Å². The molecule has 9 nitrogen and oxygen atoms in total. The minimum Gasteiger partial charge on any atom is -0.348 e. The number of nitro groups is 1. The SMILES string of the molecule is Cc1c(C(=O)NC2CCNCC2)nnn1-c1cccc([N+](=O)[O-])c1. The van der Waals surface area contributed by atoms with Gasteiger partial charge in [-0.2, -0.15) is 0 Å². The van der Waals surface area contributed by atoms with Crippen LogP contribution >= 0.6 is 0 Å². The minimum absolute atomic E-state index is 0.0388. The minimum atomic E-state index is -0.472. The number of hydrogen-bond acceptors (Lipinski definition) is 6. The summed E-state index contributed by atoms with van der Waals surface area (Å²) in [5, 5.41) is 25.0. The van der Waals surface area contributed by atoms with Crippen molar-refractivity contribution in [2.45, 2.75) is 25.8 Å². The number of piperidine rings is 1. The first-order chi connectivity index (χ1) is 11.6. The lowest BCUT2D eigenvalue weighted by Gasteiger charge is -2.23. The predicted octanol–water partition coefficient (Wildman–Crippen LogP) is 0.966. The molecule has 1 fully saturated rings. The van der Waals surface area contributed by atoms with Crippen LogP contribution in [-0.2, 0) is 0 Å². The van der Waals surface area contributed by atoms with Crippen LogP contribution in [0.4, 0.5) is 5.69 Å². The molecule has 1 aromatic carbocycles. The van der Waals surface area contributed by atoms with Gasteiger partial charge in [-0.05, 0) is 38.9 Å².